The van der Waals surface area contributed by atoms with Crippen LogP contribution in [0.25, 0.3) is 0 Å². The van der Waals surface area contributed by atoms with E-state index in [4.69, 9.17) is 0 Å². The van der Waals surface area contributed by atoms with Gasteiger partial charge in [0.25, 0.3) is 5.91 Å². The van der Waals surface area contributed by atoms with E-state index in [1.54, 1.807) is 6.07 Å². The lowest BCUT2D eigenvalue weighted by Gasteiger charge is -2.26. The van der Waals surface area contributed by atoms with Gasteiger partial charge in [0.05, 0.1) is 16.1 Å². The monoisotopic (exact) mass is 338 g/mol. The van der Waals surface area contributed by atoms with E-state index in [-0.39, 0.29) is 16.0 Å². The maximum Gasteiger partial charge on any atom is 0.255 e. The smallest absolute Gasteiger partial charge is 0.255 e. The van der Waals surface area contributed by atoms with Crippen LogP contribution in [0.5, 0.6) is 0 Å². The number of amides is 1. The standard InChI is InChI=1S/C15H16BrFN2O/c16-12-8-4-7-11(14(12)17)15(20)19-13(9-18)10-5-2-1-3-6-10/h4,7-8,10,13H,1-3,5-6H2,(H,19,20). The summed E-state index contributed by atoms with van der Waals surface area (Å²) in [5.74, 6) is -0.945. The molecule has 0 saturated heterocycles. The Morgan fingerprint density at radius 2 is 2.10 bits per heavy atom. The van der Waals surface area contributed by atoms with Crippen molar-refractivity contribution >= 4 is 21.8 Å². The van der Waals surface area contributed by atoms with Crippen LogP contribution in [0.1, 0.15) is 42.5 Å². The van der Waals surface area contributed by atoms with Crippen LogP contribution in [0.4, 0.5) is 4.39 Å². The first kappa shape index (κ1) is 15.0. The first-order valence-electron chi connectivity index (χ1n) is 6.78. The van der Waals surface area contributed by atoms with Crippen molar-refractivity contribution in [1.29, 1.82) is 5.26 Å². The SMILES string of the molecule is N#CC(NC(=O)c1cccc(Br)c1F)C1CCCCC1. The lowest BCUT2D eigenvalue weighted by Crippen LogP contribution is -2.40. The third-order valence-corrected chi connectivity index (χ3v) is 4.36. The number of hydrogen-bond donors (Lipinski definition) is 1. The van der Waals surface area contributed by atoms with Crippen molar-refractivity contribution in [2.45, 2.75) is 38.1 Å². The van der Waals surface area contributed by atoms with Gasteiger partial charge in [0.15, 0.2) is 0 Å². The van der Waals surface area contributed by atoms with Gasteiger partial charge in [-0.25, -0.2) is 4.39 Å². The Morgan fingerprint density at radius 3 is 2.75 bits per heavy atom. The summed E-state index contributed by atoms with van der Waals surface area (Å²) in [6.45, 7) is 0. The number of benzene rings is 1. The Labute approximate surface area is 126 Å². The van der Waals surface area contributed by atoms with Crippen molar-refractivity contribution < 1.29 is 9.18 Å². The third-order valence-electron chi connectivity index (χ3n) is 3.74. The highest BCUT2D eigenvalue weighted by molar-refractivity contribution is 9.10. The molecule has 0 aromatic heterocycles. The van der Waals surface area contributed by atoms with Gasteiger partial charge >= 0.3 is 0 Å². The van der Waals surface area contributed by atoms with Crippen LogP contribution >= 0.6 is 15.9 Å². The Hall–Kier alpha value is -1.41. The van der Waals surface area contributed by atoms with E-state index in [0.29, 0.717) is 0 Å². The molecule has 1 aromatic rings. The molecule has 1 unspecified atom stereocenters. The van der Waals surface area contributed by atoms with E-state index < -0.39 is 17.8 Å². The molecule has 0 spiro atoms. The zero-order valence-corrected chi connectivity index (χ0v) is 12.6. The highest BCUT2D eigenvalue weighted by Crippen LogP contribution is 2.26. The average Bonchev–Trinajstić information content (AvgIpc) is 2.48. The van der Waals surface area contributed by atoms with Crippen LogP contribution in [-0.2, 0) is 0 Å². The summed E-state index contributed by atoms with van der Waals surface area (Å²) in [5.41, 5.74) is -0.0320. The summed E-state index contributed by atoms with van der Waals surface area (Å²) in [7, 11) is 0. The second kappa shape index (κ2) is 6.85. The number of nitrogens with zero attached hydrogens (tertiary/aromatic N) is 1. The quantitative estimate of drug-likeness (QED) is 0.911. The summed E-state index contributed by atoms with van der Waals surface area (Å²) in [5, 5.41) is 11.9. The predicted octanol–water partition coefficient (Wildman–Crippen LogP) is 3.79. The van der Waals surface area contributed by atoms with E-state index >= 15 is 0 Å². The molecule has 0 radical (unpaired) electrons. The number of carbonyl (C=O) groups is 1. The molecule has 1 aliphatic rings. The van der Waals surface area contributed by atoms with Gasteiger partial charge in [-0.15, -0.1) is 0 Å². The number of rotatable bonds is 3. The van der Waals surface area contributed by atoms with Crippen molar-refractivity contribution in [3.05, 3.63) is 34.1 Å². The van der Waals surface area contributed by atoms with Crippen LogP contribution < -0.4 is 5.32 Å². The summed E-state index contributed by atoms with van der Waals surface area (Å²) in [6, 6.07) is 6.16. The number of halogens is 2. The molecule has 0 heterocycles. The zero-order chi connectivity index (χ0) is 14.5. The lowest BCUT2D eigenvalue weighted by molar-refractivity contribution is 0.0924. The highest BCUT2D eigenvalue weighted by Gasteiger charge is 2.26. The molecule has 5 heteroatoms. The van der Waals surface area contributed by atoms with Crippen molar-refractivity contribution in [2.24, 2.45) is 5.92 Å². The topological polar surface area (TPSA) is 52.9 Å². The second-order valence-corrected chi connectivity index (χ2v) is 5.93. The van der Waals surface area contributed by atoms with Crippen LogP contribution in [0.15, 0.2) is 22.7 Å². The minimum atomic E-state index is -0.592. The molecule has 3 nitrogen and oxygen atoms in total. The number of nitrogens with one attached hydrogen (secondary N) is 1. The van der Waals surface area contributed by atoms with Gasteiger partial charge in [-0.05, 0) is 46.8 Å². The Kier molecular flexibility index (Phi) is 5.13. The molecule has 1 aromatic carbocycles. The van der Waals surface area contributed by atoms with Crippen molar-refractivity contribution in [3.8, 4) is 6.07 Å². The van der Waals surface area contributed by atoms with E-state index in [1.807, 2.05) is 0 Å². The first-order chi connectivity index (χ1) is 9.63. The van der Waals surface area contributed by atoms with Crippen LogP contribution in [-0.4, -0.2) is 11.9 Å². The Balaban J connectivity index is 2.09. The fraction of sp³-hybridized carbons (Fsp3) is 0.467. The fourth-order valence-corrected chi connectivity index (χ4v) is 2.99. The van der Waals surface area contributed by atoms with Crippen molar-refractivity contribution in [1.82, 2.24) is 5.32 Å². The molecule has 20 heavy (non-hydrogen) atoms. The zero-order valence-electron chi connectivity index (χ0n) is 11.0. The highest BCUT2D eigenvalue weighted by atomic mass is 79.9. The van der Waals surface area contributed by atoms with Gasteiger partial charge in [-0.3, -0.25) is 4.79 Å². The molecule has 0 bridgehead atoms. The third kappa shape index (κ3) is 3.37. The molecule has 1 N–H and O–H groups in total. The van der Waals surface area contributed by atoms with Crippen LogP contribution in [0, 0.1) is 23.1 Å². The molecule has 1 atom stereocenters. The Bertz CT molecular complexity index is 535. The van der Waals surface area contributed by atoms with Gasteiger partial charge in [-0.1, -0.05) is 25.3 Å². The molecule has 1 fully saturated rings. The lowest BCUT2D eigenvalue weighted by atomic mass is 9.84. The second-order valence-electron chi connectivity index (χ2n) is 5.08. The van der Waals surface area contributed by atoms with Crippen LogP contribution in [0.2, 0.25) is 0 Å². The Morgan fingerprint density at radius 1 is 1.40 bits per heavy atom. The summed E-state index contributed by atoms with van der Waals surface area (Å²) >= 11 is 3.05. The van der Waals surface area contributed by atoms with Gasteiger partial charge in [-0.2, -0.15) is 5.26 Å². The molecule has 0 aliphatic heterocycles. The van der Waals surface area contributed by atoms with Gasteiger partial charge in [0, 0.05) is 0 Å². The van der Waals surface area contributed by atoms with Crippen molar-refractivity contribution in [3.63, 3.8) is 0 Å². The van der Waals surface area contributed by atoms with E-state index in [1.165, 1.54) is 18.6 Å². The minimum absolute atomic E-state index is 0.0320. The predicted molar refractivity (Wildman–Crippen MR) is 77.5 cm³/mol. The summed E-state index contributed by atoms with van der Waals surface area (Å²) in [4.78, 5) is 12.1. The van der Waals surface area contributed by atoms with Crippen molar-refractivity contribution in [2.75, 3.05) is 0 Å². The van der Waals surface area contributed by atoms with Gasteiger partial charge in [0.1, 0.15) is 11.9 Å². The normalized spacial score (nSPS) is 17.2. The molecular weight excluding hydrogens is 323 g/mol. The molecular formula is C15H16BrFN2O. The molecule has 106 valence electrons. The molecule has 1 amide bonds. The summed E-state index contributed by atoms with van der Waals surface area (Å²) in [6.07, 6.45) is 5.25. The van der Waals surface area contributed by atoms with Gasteiger partial charge < -0.3 is 5.32 Å². The fourth-order valence-electron chi connectivity index (χ4n) is 2.62. The van der Waals surface area contributed by atoms with E-state index in [0.717, 1.165) is 25.7 Å². The molecule has 1 aliphatic carbocycles. The van der Waals surface area contributed by atoms with Gasteiger partial charge in [0.2, 0.25) is 0 Å². The van der Waals surface area contributed by atoms with E-state index in [9.17, 15) is 14.4 Å². The molecule has 1 saturated carbocycles. The summed E-state index contributed by atoms with van der Waals surface area (Å²) < 4.78 is 14.1. The number of carbonyl (C=O) groups excluding carboxylic acids is 1. The van der Waals surface area contributed by atoms with Crippen LogP contribution in [0.3, 0.4) is 0 Å². The maximum absolute atomic E-state index is 13.9. The van der Waals surface area contributed by atoms with E-state index in [2.05, 4.69) is 27.3 Å². The minimum Gasteiger partial charge on any atom is -0.336 e. The largest absolute Gasteiger partial charge is 0.336 e. The molecule has 2 rings (SSSR count). The maximum atomic E-state index is 13.9. The number of hydrogen-bond acceptors (Lipinski definition) is 2. The average molecular weight is 339 g/mol. The number of nitriles is 1. The first-order valence-corrected chi connectivity index (χ1v) is 7.57.